The average molecular weight is 292 g/mol. The summed E-state index contributed by atoms with van der Waals surface area (Å²) < 4.78 is 30.6. The quantitative estimate of drug-likeness (QED) is 0.669. The molecule has 6 nitrogen and oxygen atoms in total. The zero-order valence-corrected chi connectivity index (χ0v) is 11.6. The summed E-state index contributed by atoms with van der Waals surface area (Å²) in [6, 6.07) is 3.13. The third-order valence-corrected chi connectivity index (χ3v) is 4.83. The zero-order valence-electron chi connectivity index (χ0n) is 10.0. The number of nitrogens with one attached hydrogen (secondary N) is 2. The molecule has 0 fully saturated rings. The number of rotatable bonds is 8. The number of methoxy groups -OCH3 is 1. The first-order chi connectivity index (χ1) is 8.56. The van der Waals surface area contributed by atoms with Crippen LogP contribution in [0.2, 0.25) is 0 Å². The van der Waals surface area contributed by atoms with E-state index in [9.17, 15) is 13.2 Å². The van der Waals surface area contributed by atoms with E-state index in [4.69, 9.17) is 4.74 Å². The van der Waals surface area contributed by atoms with E-state index in [0.717, 1.165) is 11.3 Å². The molecule has 0 aliphatic heterocycles. The first-order valence-corrected chi connectivity index (χ1v) is 7.71. The van der Waals surface area contributed by atoms with Gasteiger partial charge in [-0.1, -0.05) is 6.07 Å². The molecule has 0 unspecified atom stereocenters. The van der Waals surface area contributed by atoms with E-state index in [2.05, 4.69) is 10.0 Å². The Kier molecular flexibility index (Phi) is 6.27. The molecule has 1 heterocycles. The van der Waals surface area contributed by atoms with Crippen LogP contribution >= 0.6 is 11.3 Å². The number of carbonyl (C=O) groups is 1. The van der Waals surface area contributed by atoms with Gasteiger partial charge in [-0.15, -0.1) is 11.3 Å². The Hall–Kier alpha value is -0.960. The van der Waals surface area contributed by atoms with Crippen molar-refractivity contribution >= 4 is 27.3 Å². The van der Waals surface area contributed by atoms with E-state index in [-0.39, 0.29) is 16.7 Å². The van der Waals surface area contributed by atoms with Gasteiger partial charge >= 0.3 is 0 Å². The van der Waals surface area contributed by atoms with Crippen LogP contribution in [0, 0.1) is 0 Å². The van der Waals surface area contributed by atoms with Gasteiger partial charge in [0.1, 0.15) is 4.21 Å². The average Bonchev–Trinajstić information content (AvgIpc) is 2.87. The highest BCUT2D eigenvalue weighted by atomic mass is 32.2. The summed E-state index contributed by atoms with van der Waals surface area (Å²) in [6.45, 7) is 0.766. The minimum Gasteiger partial charge on any atom is -0.385 e. The summed E-state index contributed by atoms with van der Waals surface area (Å²) in [7, 11) is -1.98. The van der Waals surface area contributed by atoms with Gasteiger partial charge in [0.15, 0.2) is 0 Å². The molecule has 0 aliphatic rings. The fraction of sp³-hybridized carbons (Fsp3) is 0.500. The van der Waals surface area contributed by atoms with Crippen molar-refractivity contribution in [2.45, 2.75) is 10.6 Å². The Morgan fingerprint density at radius 3 is 2.89 bits per heavy atom. The number of amides is 1. The Balaban J connectivity index is 2.30. The maximum atomic E-state index is 11.7. The lowest BCUT2D eigenvalue weighted by Gasteiger charge is -2.06. The van der Waals surface area contributed by atoms with Gasteiger partial charge < -0.3 is 10.1 Å². The topological polar surface area (TPSA) is 84.5 Å². The Labute approximate surface area is 110 Å². The standard InChI is InChI=1S/C10H16N2O4S2/c1-16-6-3-5-11-9(13)8-12-18(14,15)10-4-2-7-17-10/h2,4,7,12H,3,5-6,8H2,1H3,(H,11,13). The second-order valence-corrected chi connectivity index (χ2v) is 6.39. The minimum absolute atomic E-state index is 0.203. The summed E-state index contributed by atoms with van der Waals surface area (Å²) in [4.78, 5) is 11.3. The molecule has 0 bridgehead atoms. The molecule has 1 rings (SSSR count). The first-order valence-electron chi connectivity index (χ1n) is 5.35. The molecule has 0 aromatic carbocycles. The lowest BCUT2D eigenvalue weighted by atomic mass is 10.4. The Morgan fingerprint density at radius 2 is 2.28 bits per heavy atom. The first kappa shape index (κ1) is 15.1. The van der Waals surface area contributed by atoms with Crippen LogP contribution in [0.4, 0.5) is 0 Å². The van der Waals surface area contributed by atoms with Crippen LogP contribution < -0.4 is 10.0 Å². The highest BCUT2D eigenvalue weighted by molar-refractivity contribution is 7.91. The zero-order chi connectivity index (χ0) is 13.4. The fourth-order valence-electron chi connectivity index (χ4n) is 1.15. The van der Waals surface area contributed by atoms with Crippen molar-refractivity contribution in [3.8, 4) is 0 Å². The maximum Gasteiger partial charge on any atom is 0.250 e. The summed E-state index contributed by atoms with van der Waals surface area (Å²) in [5.74, 6) is -0.355. The summed E-state index contributed by atoms with van der Waals surface area (Å²) in [6.07, 6.45) is 0.694. The molecule has 0 radical (unpaired) electrons. The molecular weight excluding hydrogens is 276 g/mol. The second-order valence-electron chi connectivity index (χ2n) is 3.45. The molecule has 18 heavy (non-hydrogen) atoms. The lowest BCUT2D eigenvalue weighted by molar-refractivity contribution is -0.120. The third-order valence-electron chi connectivity index (χ3n) is 2.03. The number of sulfonamides is 1. The molecule has 0 atom stereocenters. The molecule has 0 saturated heterocycles. The van der Waals surface area contributed by atoms with Gasteiger partial charge in [-0.3, -0.25) is 4.79 Å². The molecule has 0 aliphatic carbocycles. The molecule has 8 heteroatoms. The molecule has 102 valence electrons. The number of carbonyl (C=O) groups excluding carboxylic acids is 1. The van der Waals surface area contributed by atoms with Gasteiger partial charge in [-0.25, -0.2) is 13.1 Å². The van der Waals surface area contributed by atoms with Crippen molar-refractivity contribution in [3.63, 3.8) is 0 Å². The Bertz CT molecular complexity index is 456. The Morgan fingerprint density at radius 1 is 1.50 bits per heavy atom. The molecule has 0 saturated carbocycles. The van der Waals surface area contributed by atoms with Gasteiger partial charge in [0.05, 0.1) is 6.54 Å². The summed E-state index contributed by atoms with van der Waals surface area (Å²) >= 11 is 1.11. The second kappa shape index (κ2) is 7.47. The van der Waals surface area contributed by atoms with Crippen LogP contribution in [-0.4, -0.2) is 41.1 Å². The van der Waals surface area contributed by atoms with E-state index >= 15 is 0 Å². The molecule has 2 N–H and O–H groups in total. The summed E-state index contributed by atoms with van der Waals surface area (Å²) in [5.41, 5.74) is 0. The van der Waals surface area contributed by atoms with E-state index in [1.807, 2.05) is 0 Å². The lowest BCUT2D eigenvalue weighted by Crippen LogP contribution is -2.37. The van der Waals surface area contributed by atoms with Crippen molar-refractivity contribution < 1.29 is 17.9 Å². The van der Waals surface area contributed by atoms with Gasteiger partial charge in [0.25, 0.3) is 10.0 Å². The smallest absolute Gasteiger partial charge is 0.250 e. The largest absolute Gasteiger partial charge is 0.385 e. The van der Waals surface area contributed by atoms with Crippen LogP contribution in [0.5, 0.6) is 0 Å². The molecular formula is C10H16N2O4S2. The van der Waals surface area contributed by atoms with Crippen molar-refractivity contribution in [1.29, 1.82) is 0 Å². The molecule has 1 aromatic rings. The SMILES string of the molecule is COCCCNC(=O)CNS(=O)(=O)c1cccs1. The minimum atomic E-state index is -3.56. The predicted octanol–water partition coefficient (Wildman–Crippen LogP) is 0.179. The summed E-state index contributed by atoms with van der Waals surface area (Å²) in [5, 5.41) is 4.26. The van der Waals surface area contributed by atoms with Crippen molar-refractivity contribution in [3.05, 3.63) is 17.5 Å². The van der Waals surface area contributed by atoms with Crippen LogP contribution in [0.3, 0.4) is 0 Å². The highest BCUT2D eigenvalue weighted by Gasteiger charge is 2.15. The molecule has 0 spiro atoms. The third kappa shape index (κ3) is 5.13. The number of hydrogen-bond acceptors (Lipinski definition) is 5. The highest BCUT2D eigenvalue weighted by Crippen LogP contribution is 2.14. The van der Waals surface area contributed by atoms with Crippen molar-refractivity contribution in [2.24, 2.45) is 0 Å². The number of thiophene rings is 1. The van der Waals surface area contributed by atoms with Crippen molar-refractivity contribution in [2.75, 3.05) is 26.8 Å². The van der Waals surface area contributed by atoms with Crippen LogP contribution in [0.25, 0.3) is 0 Å². The predicted molar refractivity (Wildman–Crippen MR) is 69.0 cm³/mol. The fourth-order valence-corrected chi connectivity index (χ4v) is 3.17. The maximum absolute atomic E-state index is 11.7. The monoisotopic (exact) mass is 292 g/mol. The van der Waals surface area contributed by atoms with E-state index in [0.29, 0.717) is 19.6 Å². The van der Waals surface area contributed by atoms with Crippen LogP contribution in [0.1, 0.15) is 6.42 Å². The van der Waals surface area contributed by atoms with E-state index in [1.165, 1.54) is 6.07 Å². The molecule has 1 amide bonds. The van der Waals surface area contributed by atoms with Crippen LogP contribution in [0.15, 0.2) is 21.7 Å². The number of ether oxygens (including phenoxy) is 1. The van der Waals surface area contributed by atoms with E-state index in [1.54, 1.807) is 18.6 Å². The van der Waals surface area contributed by atoms with Gasteiger partial charge in [-0.2, -0.15) is 0 Å². The normalized spacial score (nSPS) is 11.4. The van der Waals surface area contributed by atoms with Gasteiger partial charge in [0.2, 0.25) is 5.91 Å². The van der Waals surface area contributed by atoms with Gasteiger partial charge in [-0.05, 0) is 17.9 Å². The van der Waals surface area contributed by atoms with E-state index < -0.39 is 10.0 Å². The number of hydrogen-bond donors (Lipinski definition) is 2. The molecule has 1 aromatic heterocycles. The van der Waals surface area contributed by atoms with Crippen molar-refractivity contribution in [1.82, 2.24) is 10.0 Å². The van der Waals surface area contributed by atoms with Crippen LogP contribution in [-0.2, 0) is 19.6 Å². The van der Waals surface area contributed by atoms with Gasteiger partial charge in [0, 0.05) is 20.3 Å².